The Bertz CT molecular complexity index is 515. The molecule has 106 valence electrons. The first-order valence-electron chi connectivity index (χ1n) is 7.02. The largest absolute Gasteiger partial charge is 0.399 e. The van der Waals surface area contributed by atoms with E-state index < -0.39 is 0 Å². The van der Waals surface area contributed by atoms with Crippen molar-refractivity contribution in [2.24, 2.45) is 0 Å². The van der Waals surface area contributed by atoms with Crippen LogP contribution in [0.5, 0.6) is 0 Å². The zero-order valence-corrected chi connectivity index (χ0v) is 12.4. The fourth-order valence-corrected chi connectivity index (χ4v) is 3.20. The normalized spacial score (nSPS) is 16.5. The molecule has 4 nitrogen and oxygen atoms in total. The molecule has 0 bridgehead atoms. The first kappa shape index (κ1) is 13.4. The molecule has 0 unspecified atom stereocenters. The summed E-state index contributed by atoms with van der Waals surface area (Å²) in [6, 6.07) is 8.22. The van der Waals surface area contributed by atoms with Gasteiger partial charge in [-0.15, -0.1) is 11.3 Å². The number of hydrogen-bond donors (Lipinski definition) is 1. The summed E-state index contributed by atoms with van der Waals surface area (Å²) < 4.78 is 0. The summed E-state index contributed by atoms with van der Waals surface area (Å²) in [6.45, 7) is 5.52. The third kappa shape index (κ3) is 3.29. The van der Waals surface area contributed by atoms with E-state index in [1.165, 1.54) is 5.56 Å². The van der Waals surface area contributed by atoms with Gasteiger partial charge in [0, 0.05) is 50.0 Å². The van der Waals surface area contributed by atoms with Gasteiger partial charge in [-0.05, 0) is 24.1 Å². The molecule has 2 heterocycles. The van der Waals surface area contributed by atoms with E-state index in [9.17, 15) is 0 Å². The molecule has 0 saturated carbocycles. The number of nitrogens with zero attached hydrogens (tertiary/aromatic N) is 3. The van der Waals surface area contributed by atoms with E-state index in [0.29, 0.717) is 0 Å². The van der Waals surface area contributed by atoms with Crippen LogP contribution in [-0.4, -0.2) is 42.6 Å². The van der Waals surface area contributed by atoms with Gasteiger partial charge < -0.3 is 10.6 Å². The van der Waals surface area contributed by atoms with Crippen LogP contribution in [0.3, 0.4) is 0 Å². The van der Waals surface area contributed by atoms with Crippen molar-refractivity contribution in [3.8, 4) is 0 Å². The first-order valence-corrected chi connectivity index (χ1v) is 7.90. The second-order valence-electron chi connectivity index (χ2n) is 5.13. The molecule has 1 aromatic heterocycles. The predicted octanol–water partition coefficient (Wildman–Crippen LogP) is 2.09. The topological polar surface area (TPSA) is 45.4 Å². The maximum atomic E-state index is 5.71. The van der Waals surface area contributed by atoms with Gasteiger partial charge in [0.25, 0.3) is 0 Å². The molecule has 0 spiro atoms. The first-order chi connectivity index (χ1) is 9.81. The van der Waals surface area contributed by atoms with Gasteiger partial charge in [-0.2, -0.15) is 0 Å². The molecule has 1 saturated heterocycles. The summed E-state index contributed by atoms with van der Waals surface area (Å²) in [5.41, 5.74) is 7.91. The zero-order chi connectivity index (χ0) is 13.8. The summed E-state index contributed by atoms with van der Waals surface area (Å²) in [5, 5.41) is 3.20. The van der Waals surface area contributed by atoms with Gasteiger partial charge in [0.05, 0.1) is 0 Å². The Morgan fingerprint density at radius 1 is 1.10 bits per heavy atom. The van der Waals surface area contributed by atoms with E-state index in [0.717, 1.165) is 50.0 Å². The average molecular weight is 288 g/mol. The Labute approximate surface area is 123 Å². The smallest absolute Gasteiger partial charge is 0.185 e. The van der Waals surface area contributed by atoms with Gasteiger partial charge >= 0.3 is 0 Å². The fourth-order valence-electron chi connectivity index (χ4n) is 2.51. The minimum Gasteiger partial charge on any atom is -0.399 e. The van der Waals surface area contributed by atoms with Crippen molar-refractivity contribution in [3.05, 3.63) is 41.4 Å². The SMILES string of the molecule is Nc1ccc(CCN2CCN(c3nccs3)CC2)cc1. The fraction of sp³-hybridized carbons (Fsp3) is 0.400. The van der Waals surface area contributed by atoms with E-state index in [4.69, 9.17) is 5.73 Å². The summed E-state index contributed by atoms with van der Waals surface area (Å²) in [5.74, 6) is 0. The van der Waals surface area contributed by atoms with Crippen LogP contribution in [-0.2, 0) is 6.42 Å². The lowest BCUT2D eigenvalue weighted by Gasteiger charge is -2.34. The number of nitrogens with two attached hydrogens (primary N) is 1. The highest BCUT2D eigenvalue weighted by atomic mass is 32.1. The van der Waals surface area contributed by atoms with Crippen molar-refractivity contribution in [2.75, 3.05) is 43.4 Å². The van der Waals surface area contributed by atoms with Gasteiger partial charge in [-0.1, -0.05) is 12.1 Å². The average Bonchev–Trinajstić information content (AvgIpc) is 3.01. The van der Waals surface area contributed by atoms with Crippen LogP contribution in [0.4, 0.5) is 10.8 Å². The van der Waals surface area contributed by atoms with Crippen molar-refractivity contribution < 1.29 is 0 Å². The van der Waals surface area contributed by atoms with Gasteiger partial charge in [-0.3, -0.25) is 4.90 Å². The van der Waals surface area contributed by atoms with Crippen LogP contribution >= 0.6 is 11.3 Å². The molecule has 1 aliphatic heterocycles. The van der Waals surface area contributed by atoms with Gasteiger partial charge in [0.15, 0.2) is 5.13 Å². The molecule has 0 amide bonds. The van der Waals surface area contributed by atoms with Gasteiger partial charge in [-0.25, -0.2) is 4.98 Å². The lowest BCUT2D eigenvalue weighted by Crippen LogP contribution is -2.46. The summed E-state index contributed by atoms with van der Waals surface area (Å²) in [7, 11) is 0. The van der Waals surface area contributed by atoms with Crippen molar-refractivity contribution in [2.45, 2.75) is 6.42 Å². The van der Waals surface area contributed by atoms with Crippen molar-refractivity contribution in [1.82, 2.24) is 9.88 Å². The molecular formula is C15H20N4S. The van der Waals surface area contributed by atoms with Crippen LogP contribution < -0.4 is 10.6 Å². The lowest BCUT2D eigenvalue weighted by molar-refractivity contribution is 0.261. The molecule has 3 rings (SSSR count). The second kappa shape index (κ2) is 6.24. The second-order valence-corrected chi connectivity index (χ2v) is 6.01. The van der Waals surface area contributed by atoms with E-state index in [2.05, 4.69) is 26.9 Å². The molecule has 0 atom stereocenters. The van der Waals surface area contributed by atoms with Crippen molar-refractivity contribution in [3.63, 3.8) is 0 Å². The number of aromatic nitrogens is 1. The third-order valence-corrected chi connectivity index (χ3v) is 4.59. The molecule has 1 fully saturated rings. The van der Waals surface area contributed by atoms with Crippen molar-refractivity contribution >= 4 is 22.2 Å². The maximum absolute atomic E-state index is 5.71. The minimum atomic E-state index is 0.839. The molecule has 5 heteroatoms. The van der Waals surface area contributed by atoms with Crippen molar-refractivity contribution in [1.29, 1.82) is 0 Å². The van der Waals surface area contributed by atoms with Crippen LogP contribution in [0, 0.1) is 0 Å². The molecule has 1 aliphatic rings. The maximum Gasteiger partial charge on any atom is 0.185 e. The number of rotatable bonds is 4. The summed E-state index contributed by atoms with van der Waals surface area (Å²) >= 11 is 1.73. The standard InChI is InChI=1S/C15H20N4S/c16-14-3-1-13(2-4-14)5-7-18-8-10-19(11-9-18)15-17-6-12-20-15/h1-4,6,12H,5,7-11,16H2. The van der Waals surface area contributed by atoms with Crippen LogP contribution in [0.2, 0.25) is 0 Å². The molecule has 2 N–H and O–H groups in total. The molecule has 1 aromatic carbocycles. The van der Waals surface area contributed by atoms with Crippen LogP contribution in [0.1, 0.15) is 5.56 Å². The van der Waals surface area contributed by atoms with Gasteiger partial charge in [0.2, 0.25) is 0 Å². The Balaban J connectivity index is 1.45. The quantitative estimate of drug-likeness (QED) is 0.875. The third-order valence-electron chi connectivity index (χ3n) is 3.76. The number of nitrogen functional groups attached to an aromatic ring is 1. The van der Waals surface area contributed by atoms with Gasteiger partial charge in [0.1, 0.15) is 0 Å². The molecule has 0 radical (unpaired) electrons. The molecule has 2 aromatic rings. The van der Waals surface area contributed by atoms with E-state index in [1.807, 2.05) is 23.7 Å². The highest BCUT2D eigenvalue weighted by Gasteiger charge is 2.18. The Kier molecular flexibility index (Phi) is 4.18. The lowest BCUT2D eigenvalue weighted by atomic mass is 10.1. The summed E-state index contributed by atoms with van der Waals surface area (Å²) in [6.07, 6.45) is 2.98. The number of hydrogen-bond acceptors (Lipinski definition) is 5. The molecular weight excluding hydrogens is 268 g/mol. The monoisotopic (exact) mass is 288 g/mol. The highest BCUT2D eigenvalue weighted by Crippen LogP contribution is 2.19. The van der Waals surface area contributed by atoms with E-state index in [1.54, 1.807) is 11.3 Å². The Morgan fingerprint density at radius 2 is 1.85 bits per heavy atom. The van der Waals surface area contributed by atoms with Crippen LogP contribution in [0.25, 0.3) is 0 Å². The molecule has 20 heavy (non-hydrogen) atoms. The number of benzene rings is 1. The Morgan fingerprint density at radius 3 is 2.50 bits per heavy atom. The summed E-state index contributed by atoms with van der Waals surface area (Å²) in [4.78, 5) is 9.29. The molecule has 0 aliphatic carbocycles. The highest BCUT2D eigenvalue weighted by molar-refractivity contribution is 7.13. The Hall–Kier alpha value is -1.59. The van der Waals surface area contributed by atoms with E-state index in [-0.39, 0.29) is 0 Å². The minimum absolute atomic E-state index is 0.839. The number of anilines is 2. The number of thiazole rings is 1. The van der Waals surface area contributed by atoms with Crippen LogP contribution in [0.15, 0.2) is 35.8 Å². The predicted molar refractivity (Wildman–Crippen MR) is 85.3 cm³/mol. The number of piperazine rings is 1. The van der Waals surface area contributed by atoms with E-state index >= 15 is 0 Å². The zero-order valence-electron chi connectivity index (χ0n) is 11.5.